The van der Waals surface area contributed by atoms with Crippen LogP contribution in [0.4, 0.5) is 5.13 Å². The predicted octanol–water partition coefficient (Wildman–Crippen LogP) is 3.62. The van der Waals surface area contributed by atoms with Crippen LogP contribution in [-0.4, -0.2) is 42.3 Å². The standard InChI is InChI=1S/C22H24N4O4S/c1-13(2)18(23-19(27)16-7-5-6-8-17(16)30-4)20(28)24-22-26-25-21(31-22)14-9-11-15(29-3)12-10-14/h5-13,18H,1-4H3,(H,23,27)(H,24,26,28). The molecule has 3 rings (SSSR count). The maximum Gasteiger partial charge on any atom is 0.255 e. The van der Waals surface area contributed by atoms with Gasteiger partial charge in [0.15, 0.2) is 0 Å². The van der Waals surface area contributed by atoms with Crippen molar-refractivity contribution in [3.8, 4) is 22.1 Å². The Morgan fingerprint density at radius 3 is 2.32 bits per heavy atom. The molecule has 0 saturated heterocycles. The van der Waals surface area contributed by atoms with Crippen LogP contribution in [0, 0.1) is 5.92 Å². The summed E-state index contributed by atoms with van der Waals surface area (Å²) in [6.07, 6.45) is 0. The van der Waals surface area contributed by atoms with Gasteiger partial charge in [-0.15, -0.1) is 10.2 Å². The van der Waals surface area contributed by atoms with Crippen molar-refractivity contribution in [2.24, 2.45) is 5.92 Å². The highest BCUT2D eigenvalue weighted by Gasteiger charge is 2.26. The zero-order chi connectivity index (χ0) is 22.4. The van der Waals surface area contributed by atoms with E-state index in [2.05, 4.69) is 20.8 Å². The molecule has 9 heteroatoms. The van der Waals surface area contributed by atoms with Crippen molar-refractivity contribution in [2.45, 2.75) is 19.9 Å². The number of carbonyl (C=O) groups excluding carboxylic acids is 2. The molecule has 2 N–H and O–H groups in total. The summed E-state index contributed by atoms with van der Waals surface area (Å²) < 4.78 is 10.4. The van der Waals surface area contributed by atoms with E-state index in [9.17, 15) is 9.59 Å². The van der Waals surface area contributed by atoms with Crippen LogP contribution in [0.1, 0.15) is 24.2 Å². The highest BCUT2D eigenvalue weighted by Crippen LogP contribution is 2.28. The van der Waals surface area contributed by atoms with E-state index in [-0.39, 0.29) is 17.7 Å². The fourth-order valence-corrected chi connectivity index (χ4v) is 3.65. The Labute approximate surface area is 184 Å². The number of hydrogen-bond donors (Lipinski definition) is 2. The maximum atomic E-state index is 12.9. The fraction of sp³-hybridized carbons (Fsp3) is 0.273. The number of aromatic nitrogens is 2. The van der Waals surface area contributed by atoms with Gasteiger partial charge in [-0.05, 0) is 42.3 Å². The van der Waals surface area contributed by atoms with Crippen LogP contribution in [0.25, 0.3) is 10.6 Å². The van der Waals surface area contributed by atoms with Crippen molar-refractivity contribution in [3.63, 3.8) is 0 Å². The minimum atomic E-state index is -0.759. The first-order valence-corrected chi connectivity index (χ1v) is 10.5. The number of para-hydroxylation sites is 1. The molecule has 0 aliphatic carbocycles. The molecule has 0 bridgehead atoms. The minimum absolute atomic E-state index is 0.146. The van der Waals surface area contributed by atoms with Gasteiger partial charge in [-0.2, -0.15) is 0 Å². The maximum absolute atomic E-state index is 12.9. The largest absolute Gasteiger partial charge is 0.497 e. The summed E-state index contributed by atoms with van der Waals surface area (Å²) >= 11 is 1.25. The van der Waals surface area contributed by atoms with Crippen LogP contribution in [0.3, 0.4) is 0 Å². The van der Waals surface area contributed by atoms with Gasteiger partial charge in [0.25, 0.3) is 5.91 Å². The van der Waals surface area contributed by atoms with Crippen LogP contribution in [0.2, 0.25) is 0 Å². The van der Waals surface area contributed by atoms with E-state index in [1.165, 1.54) is 18.4 Å². The number of methoxy groups -OCH3 is 2. The molecule has 3 aromatic rings. The fourth-order valence-electron chi connectivity index (χ4n) is 2.89. The molecule has 2 amide bonds. The Hall–Kier alpha value is -3.46. The molecular formula is C22H24N4O4S. The highest BCUT2D eigenvalue weighted by atomic mass is 32.1. The molecule has 0 saturated carbocycles. The third-order valence-corrected chi connectivity index (χ3v) is 5.47. The third kappa shape index (κ3) is 5.37. The number of nitrogens with one attached hydrogen (secondary N) is 2. The van der Waals surface area contributed by atoms with E-state index < -0.39 is 6.04 Å². The normalized spacial score (nSPS) is 11.6. The number of nitrogens with zero attached hydrogens (tertiary/aromatic N) is 2. The van der Waals surface area contributed by atoms with Crippen molar-refractivity contribution in [2.75, 3.05) is 19.5 Å². The Bertz CT molecular complexity index is 1050. The second-order valence-electron chi connectivity index (χ2n) is 7.03. The van der Waals surface area contributed by atoms with Crippen molar-refractivity contribution in [1.29, 1.82) is 0 Å². The molecule has 2 aromatic carbocycles. The number of rotatable bonds is 8. The van der Waals surface area contributed by atoms with Gasteiger partial charge in [-0.3, -0.25) is 14.9 Å². The monoisotopic (exact) mass is 440 g/mol. The smallest absolute Gasteiger partial charge is 0.255 e. The minimum Gasteiger partial charge on any atom is -0.497 e. The van der Waals surface area contributed by atoms with Gasteiger partial charge in [0.2, 0.25) is 11.0 Å². The molecule has 1 aromatic heterocycles. The number of hydrogen-bond acceptors (Lipinski definition) is 7. The van der Waals surface area contributed by atoms with Crippen LogP contribution in [-0.2, 0) is 4.79 Å². The number of benzene rings is 2. The van der Waals surface area contributed by atoms with E-state index >= 15 is 0 Å². The van der Waals surface area contributed by atoms with E-state index in [1.54, 1.807) is 31.4 Å². The van der Waals surface area contributed by atoms with Crippen molar-refractivity contribution in [1.82, 2.24) is 15.5 Å². The SMILES string of the molecule is COc1ccc(-c2nnc(NC(=O)C(NC(=O)c3ccccc3OC)C(C)C)s2)cc1. The Morgan fingerprint density at radius 1 is 0.968 bits per heavy atom. The second kappa shape index (κ2) is 10.0. The van der Waals surface area contributed by atoms with E-state index in [1.807, 2.05) is 38.1 Å². The summed E-state index contributed by atoms with van der Waals surface area (Å²) in [5.41, 5.74) is 1.23. The molecule has 1 unspecified atom stereocenters. The molecule has 0 aliphatic rings. The van der Waals surface area contributed by atoms with Gasteiger partial charge in [-0.1, -0.05) is 37.3 Å². The lowest BCUT2D eigenvalue weighted by molar-refractivity contribution is -0.118. The predicted molar refractivity (Wildman–Crippen MR) is 120 cm³/mol. The van der Waals surface area contributed by atoms with Gasteiger partial charge < -0.3 is 14.8 Å². The van der Waals surface area contributed by atoms with Crippen molar-refractivity contribution < 1.29 is 19.1 Å². The molecule has 0 radical (unpaired) electrons. The van der Waals surface area contributed by atoms with Gasteiger partial charge in [0.05, 0.1) is 19.8 Å². The summed E-state index contributed by atoms with van der Waals surface area (Å²) in [5, 5.41) is 14.8. The second-order valence-corrected chi connectivity index (χ2v) is 8.00. The summed E-state index contributed by atoms with van der Waals surface area (Å²) in [6.45, 7) is 3.71. The molecule has 0 spiro atoms. The Balaban J connectivity index is 1.71. The average molecular weight is 441 g/mol. The number of carbonyl (C=O) groups is 2. The highest BCUT2D eigenvalue weighted by molar-refractivity contribution is 7.18. The molecule has 0 aliphatic heterocycles. The summed E-state index contributed by atoms with van der Waals surface area (Å²) in [5.74, 6) is 0.286. The molecule has 8 nitrogen and oxygen atoms in total. The summed E-state index contributed by atoms with van der Waals surface area (Å²) in [4.78, 5) is 25.6. The van der Waals surface area contributed by atoms with Crippen molar-refractivity contribution in [3.05, 3.63) is 54.1 Å². The summed E-state index contributed by atoms with van der Waals surface area (Å²) in [6, 6.07) is 13.5. The van der Waals surface area contributed by atoms with Crippen LogP contribution >= 0.6 is 11.3 Å². The Morgan fingerprint density at radius 2 is 1.68 bits per heavy atom. The molecular weight excluding hydrogens is 416 g/mol. The third-order valence-electron chi connectivity index (χ3n) is 4.58. The zero-order valence-electron chi connectivity index (χ0n) is 17.7. The van der Waals surface area contributed by atoms with Crippen LogP contribution in [0.5, 0.6) is 11.5 Å². The van der Waals surface area contributed by atoms with Crippen LogP contribution < -0.4 is 20.1 Å². The molecule has 31 heavy (non-hydrogen) atoms. The number of anilines is 1. The first-order chi connectivity index (χ1) is 14.9. The zero-order valence-corrected chi connectivity index (χ0v) is 18.5. The van der Waals surface area contributed by atoms with Gasteiger partial charge in [0, 0.05) is 5.56 Å². The quantitative estimate of drug-likeness (QED) is 0.555. The van der Waals surface area contributed by atoms with E-state index in [0.29, 0.717) is 21.5 Å². The topological polar surface area (TPSA) is 102 Å². The molecule has 0 fully saturated rings. The number of ether oxygens (including phenoxy) is 2. The van der Waals surface area contributed by atoms with E-state index in [4.69, 9.17) is 9.47 Å². The first-order valence-electron chi connectivity index (χ1n) is 9.65. The average Bonchev–Trinajstić information content (AvgIpc) is 3.25. The summed E-state index contributed by atoms with van der Waals surface area (Å²) in [7, 11) is 3.10. The van der Waals surface area contributed by atoms with E-state index in [0.717, 1.165) is 11.3 Å². The van der Waals surface area contributed by atoms with Crippen LogP contribution in [0.15, 0.2) is 48.5 Å². The molecule has 162 valence electrons. The lowest BCUT2D eigenvalue weighted by Crippen LogP contribution is -2.47. The number of amides is 2. The van der Waals surface area contributed by atoms with Gasteiger partial charge in [0.1, 0.15) is 22.5 Å². The molecule has 1 atom stereocenters. The Kier molecular flexibility index (Phi) is 7.19. The van der Waals surface area contributed by atoms with Gasteiger partial charge >= 0.3 is 0 Å². The first kappa shape index (κ1) is 22.2. The van der Waals surface area contributed by atoms with Crippen molar-refractivity contribution >= 4 is 28.3 Å². The van der Waals surface area contributed by atoms with Gasteiger partial charge in [-0.25, -0.2) is 0 Å². The molecule has 1 heterocycles. The lowest BCUT2D eigenvalue weighted by atomic mass is 10.0. The lowest BCUT2D eigenvalue weighted by Gasteiger charge is -2.21.